The highest BCUT2D eigenvalue weighted by atomic mass is 35.5. The first-order chi connectivity index (χ1) is 9.74. The van der Waals surface area contributed by atoms with Crippen LogP contribution in [0.3, 0.4) is 0 Å². The summed E-state index contributed by atoms with van der Waals surface area (Å²) in [5, 5.41) is 7.43. The average molecular weight is 292 g/mol. The molecule has 1 aromatic heterocycles. The predicted molar refractivity (Wildman–Crippen MR) is 78.0 cm³/mol. The lowest BCUT2D eigenvalue weighted by Crippen LogP contribution is -2.48. The number of rotatable bonds is 2. The molecule has 1 fully saturated rings. The number of morpholine rings is 1. The van der Waals surface area contributed by atoms with Crippen LogP contribution in [-0.2, 0) is 9.53 Å². The quantitative estimate of drug-likeness (QED) is 0.886. The number of aromatic nitrogens is 1. The Morgan fingerprint density at radius 3 is 3.20 bits per heavy atom. The number of hydrogen-bond donors (Lipinski definition) is 2. The summed E-state index contributed by atoms with van der Waals surface area (Å²) >= 11 is 6.07. The minimum Gasteiger partial charge on any atom is -0.378 e. The number of ether oxygens (including phenoxy) is 1. The van der Waals surface area contributed by atoms with Crippen LogP contribution in [0.25, 0.3) is 10.9 Å². The number of pyridine rings is 1. The van der Waals surface area contributed by atoms with Gasteiger partial charge in [-0.3, -0.25) is 9.78 Å². The van der Waals surface area contributed by atoms with Crippen LogP contribution in [0.15, 0.2) is 30.5 Å². The minimum atomic E-state index is -0.346. The number of hydrogen-bond acceptors (Lipinski definition) is 4. The molecule has 3 rings (SSSR count). The summed E-state index contributed by atoms with van der Waals surface area (Å²) in [4.78, 5) is 16.5. The number of carbonyl (C=O) groups excluding carboxylic acids is 1. The van der Waals surface area contributed by atoms with Gasteiger partial charge in [-0.25, -0.2) is 0 Å². The van der Waals surface area contributed by atoms with E-state index in [2.05, 4.69) is 15.6 Å². The number of nitrogens with one attached hydrogen (secondary N) is 2. The Morgan fingerprint density at radius 2 is 2.40 bits per heavy atom. The third-order valence-electron chi connectivity index (χ3n) is 3.17. The van der Waals surface area contributed by atoms with Crippen molar-refractivity contribution in [2.75, 3.05) is 25.1 Å². The van der Waals surface area contributed by atoms with Crippen molar-refractivity contribution in [3.63, 3.8) is 0 Å². The van der Waals surface area contributed by atoms with Gasteiger partial charge < -0.3 is 15.4 Å². The Morgan fingerprint density at radius 1 is 1.50 bits per heavy atom. The molecule has 0 radical (unpaired) electrons. The standard InChI is InChI=1S/C14H14ClN3O2/c15-10-6-9-2-1-3-17-13(9)11(7-10)18-14(19)12-8-20-5-4-16-12/h1-3,6-7,12,16H,4-5,8H2,(H,18,19). The van der Waals surface area contributed by atoms with Crippen LogP contribution in [0.5, 0.6) is 0 Å². The second-order valence-corrected chi connectivity index (χ2v) is 5.04. The van der Waals surface area contributed by atoms with Crippen molar-refractivity contribution < 1.29 is 9.53 Å². The van der Waals surface area contributed by atoms with Crippen LogP contribution in [0.2, 0.25) is 5.02 Å². The number of anilines is 1. The van der Waals surface area contributed by atoms with Crippen molar-refractivity contribution in [3.05, 3.63) is 35.5 Å². The van der Waals surface area contributed by atoms with Gasteiger partial charge in [-0.15, -0.1) is 0 Å². The van der Waals surface area contributed by atoms with E-state index in [9.17, 15) is 4.79 Å². The van der Waals surface area contributed by atoms with Gasteiger partial charge in [-0.1, -0.05) is 17.7 Å². The molecule has 2 aromatic rings. The Hall–Kier alpha value is -1.69. The van der Waals surface area contributed by atoms with Gasteiger partial charge in [0.25, 0.3) is 0 Å². The number of fused-ring (bicyclic) bond motifs is 1. The second-order valence-electron chi connectivity index (χ2n) is 4.60. The fourth-order valence-corrected chi connectivity index (χ4v) is 2.43. The van der Waals surface area contributed by atoms with Gasteiger partial charge in [0.05, 0.1) is 24.4 Å². The summed E-state index contributed by atoms with van der Waals surface area (Å²) in [6.07, 6.45) is 1.69. The van der Waals surface area contributed by atoms with Gasteiger partial charge in [0.2, 0.25) is 5.91 Å². The van der Waals surface area contributed by atoms with Crippen molar-refractivity contribution in [1.82, 2.24) is 10.3 Å². The van der Waals surface area contributed by atoms with E-state index in [1.807, 2.05) is 18.2 Å². The lowest BCUT2D eigenvalue weighted by Gasteiger charge is -2.23. The molecule has 6 heteroatoms. The van der Waals surface area contributed by atoms with Gasteiger partial charge >= 0.3 is 0 Å². The van der Waals surface area contributed by atoms with E-state index in [4.69, 9.17) is 16.3 Å². The topological polar surface area (TPSA) is 63.2 Å². The molecule has 104 valence electrons. The van der Waals surface area contributed by atoms with E-state index in [-0.39, 0.29) is 11.9 Å². The van der Waals surface area contributed by atoms with Crippen molar-refractivity contribution in [1.29, 1.82) is 0 Å². The van der Waals surface area contributed by atoms with Gasteiger partial charge in [0.1, 0.15) is 6.04 Å². The molecule has 1 aromatic carbocycles. The zero-order chi connectivity index (χ0) is 13.9. The molecule has 0 aliphatic carbocycles. The number of benzene rings is 1. The van der Waals surface area contributed by atoms with E-state index in [0.717, 1.165) is 10.9 Å². The maximum Gasteiger partial charge on any atom is 0.243 e. The first-order valence-electron chi connectivity index (χ1n) is 6.40. The Kier molecular flexibility index (Phi) is 3.82. The van der Waals surface area contributed by atoms with Crippen molar-refractivity contribution in [3.8, 4) is 0 Å². The Balaban J connectivity index is 1.88. The van der Waals surface area contributed by atoms with Crippen LogP contribution in [0.1, 0.15) is 0 Å². The third-order valence-corrected chi connectivity index (χ3v) is 3.38. The molecule has 1 atom stereocenters. The average Bonchev–Trinajstić information content (AvgIpc) is 2.48. The number of nitrogens with zero attached hydrogens (tertiary/aromatic N) is 1. The number of amides is 1. The fourth-order valence-electron chi connectivity index (χ4n) is 2.20. The van der Waals surface area contributed by atoms with Crippen LogP contribution >= 0.6 is 11.6 Å². The van der Waals surface area contributed by atoms with E-state index < -0.39 is 0 Å². The minimum absolute atomic E-state index is 0.140. The lowest BCUT2D eigenvalue weighted by atomic mass is 10.1. The molecular weight excluding hydrogens is 278 g/mol. The molecule has 0 saturated carbocycles. The largest absolute Gasteiger partial charge is 0.378 e. The first-order valence-corrected chi connectivity index (χ1v) is 6.78. The van der Waals surface area contributed by atoms with E-state index in [1.165, 1.54) is 0 Å². The van der Waals surface area contributed by atoms with Gasteiger partial charge in [0, 0.05) is 23.2 Å². The Bertz CT molecular complexity index is 641. The Labute approximate surface area is 121 Å². The highest BCUT2D eigenvalue weighted by Crippen LogP contribution is 2.26. The molecule has 0 bridgehead atoms. The van der Waals surface area contributed by atoms with Crippen molar-refractivity contribution in [2.45, 2.75) is 6.04 Å². The number of halogens is 1. The monoisotopic (exact) mass is 291 g/mol. The van der Waals surface area contributed by atoms with Crippen LogP contribution < -0.4 is 10.6 Å². The molecule has 1 amide bonds. The van der Waals surface area contributed by atoms with E-state index in [0.29, 0.717) is 30.5 Å². The fraction of sp³-hybridized carbons (Fsp3) is 0.286. The van der Waals surface area contributed by atoms with Crippen LogP contribution in [0.4, 0.5) is 5.69 Å². The molecule has 0 spiro atoms. The highest BCUT2D eigenvalue weighted by Gasteiger charge is 2.21. The maximum atomic E-state index is 12.2. The molecule has 20 heavy (non-hydrogen) atoms. The molecule has 1 unspecified atom stereocenters. The van der Waals surface area contributed by atoms with Crippen molar-refractivity contribution in [2.24, 2.45) is 0 Å². The van der Waals surface area contributed by atoms with Crippen molar-refractivity contribution >= 4 is 34.1 Å². The molecule has 2 heterocycles. The summed E-state index contributed by atoms with van der Waals surface area (Å²) in [6, 6.07) is 6.92. The highest BCUT2D eigenvalue weighted by molar-refractivity contribution is 6.32. The zero-order valence-electron chi connectivity index (χ0n) is 10.7. The second kappa shape index (κ2) is 5.75. The van der Waals surface area contributed by atoms with E-state index >= 15 is 0 Å². The van der Waals surface area contributed by atoms with Gasteiger partial charge in [-0.2, -0.15) is 0 Å². The number of carbonyl (C=O) groups is 1. The smallest absolute Gasteiger partial charge is 0.243 e. The van der Waals surface area contributed by atoms with Gasteiger partial charge in [-0.05, 0) is 18.2 Å². The van der Waals surface area contributed by atoms with Crippen LogP contribution in [0, 0.1) is 0 Å². The summed E-state index contributed by atoms with van der Waals surface area (Å²) in [5.41, 5.74) is 1.34. The molecule has 2 N–H and O–H groups in total. The molecule has 1 saturated heterocycles. The normalized spacial score (nSPS) is 18.9. The van der Waals surface area contributed by atoms with Crippen LogP contribution in [-0.4, -0.2) is 36.7 Å². The van der Waals surface area contributed by atoms with E-state index in [1.54, 1.807) is 12.3 Å². The summed E-state index contributed by atoms with van der Waals surface area (Å²) < 4.78 is 5.29. The van der Waals surface area contributed by atoms with Gasteiger partial charge in [0.15, 0.2) is 0 Å². The molecule has 1 aliphatic heterocycles. The third kappa shape index (κ3) is 2.75. The summed E-state index contributed by atoms with van der Waals surface area (Å²) in [5.74, 6) is -0.140. The summed E-state index contributed by atoms with van der Waals surface area (Å²) in [7, 11) is 0. The SMILES string of the molecule is O=C(Nc1cc(Cl)cc2cccnc12)C1COCCN1. The lowest BCUT2D eigenvalue weighted by molar-refractivity contribution is -0.120. The molecular formula is C14H14ClN3O2. The predicted octanol–water partition coefficient (Wildman–Crippen LogP) is 1.82. The summed E-state index contributed by atoms with van der Waals surface area (Å²) in [6.45, 7) is 1.68. The zero-order valence-corrected chi connectivity index (χ0v) is 11.5. The molecule has 5 nitrogen and oxygen atoms in total. The molecule has 1 aliphatic rings. The first kappa shape index (κ1) is 13.3. The maximum absolute atomic E-state index is 12.2.